The summed E-state index contributed by atoms with van der Waals surface area (Å²) in [6.45, 7) is 0. The maximum atomic E-state index is 11.1. The molecule has 14 heavy (non-hydrogen) atoms. The van der Waals surface area contributed by atoms with Crippen LogP contribution >= 0.6 is 69.6 Å². The van der Waals surface area contributed by atoms with Crippen molar-refractivity contribution in [3.05, 3.63) is 0 Å². The average molecular weight is 323 g/mol. The van der Waals surface area contributed by atoms with Crippen LogP contribution in [0.2, 0.25) is 0 Å². The highest BCUT2D eigenvalue weighted by Gasteiger charge is 2.53. The lowest BCUT2D eigenvalue weighted by molar-refractivity contribution is -0.143. The predicted octanol–water partition coefficient (Wildman–Crippen LogP) is 2.99. The minimum Gasteiger partial charge on any atom is -0.429 e. The highest BCUT2D eigenvalue weighted by atomic mass is 35.6. The highest BCUT2D eigenvalue weighted by Crippen LogP contribution is 2.42. The van der Waals surface area contributed by atoms with Crippen LogP contribution in [-0.4, -0.2) is 25.9 Å². The zero-order valence-electron chi connectivity index (χ0n) is 6.15. The minimum atomic E-state index is -1.96. The third-order valence-corrected chi connectivity index (χ3v) is 2.39. The summed E-state index contributed by atoms with van der Waals surface area (Å²) in [7, 11) is 0. The fourth-order valence-corrected chi connectivity index (χ4v) is 1.44. The summed E-state index contributed by atoms with van der Waals surface area (Å²) in [5.41, 5.74) is 0. The zero-order chi connectivity index (χ0) is 11.1. The molecule has 0 aromatic heterocycles. The lowest BCUT2D eigenvalue weighted by Gasteiger charge is -2.18. The minimum absolute atomic E-state index is 0.888. The molecule has 0 aliphatic carbocycles. The molecule has 82 valence electrons. The van der Waals surface area contributed by atoms with Gasteiger partial charge in [-0.05, 0) is 0 Å². The van der Waals surface area contributed by atoms with Crippen LogP contribution < -0.4 is 0 Å². The Hall–Kier alpha value is 1.17. The molecule has 0 amide bonds. The number of carbonyl (C=O) groups is 1. The Morgan fingerprint density at radius 1 is 1.00 bits per heavy atom. The van der Waals surface area contributed by atoms with Crippen LogP contribution in [-0.2, 0) is 14.3 Å². The van der Waals surface area contributed by atoms with E-state index in [0.717, 1.165) is 0 Å². The molecule has 0 unspecified atom stereocenters. The monoisotopic (exact) mass is 320 g/mol. The number of ether oxygens (including phenoxy) is 2. The molecule has 0 aromatic rings. The highest BCUT2D eigenvalue weighted by molar-refractivity contribution is 6.69. The molecular weight excluding hydrogens is 321 g/mol. The van der Waals surface area contributed by atoms with E-state index in [-0.39, 0.29) is 0 Å². The normalized spacial score (nSPS) is 29.1. The number of hydrogen-bond donors (Lipinski definition) is 0. The van der Waals surface area contributed by atoms with Crippen molar-refractivity contribution < 1.29 is 14.3 Å². The standard InChI is InChI=1S/C5H2Cl6O3/c6-4(7,8)1-2(12)14-3(13-1)5(9,10)11/h1,3H/t1-,3+/m1/s1. The Morgan fingerprint density at radius 2 is 1.50 bits per heavy atom. The van der Waals surface area contributed by atoms with Crippen LogP contribution in [0.25, 0.3) is 0 Å². The number of cyclic esters (lactones) is 1. The largest absolute Gasteiger partial charge is 0.429 e. The van der Waals surface area contributed by atoms with Gasteiger partial charge in [0.15, 0.2) is 0 Å². The lowest BCUT2D eigenvalue weighted by Crippen LogP contribution is -2.33. The van der Waals surface area contributed by atoms with Crippen molar-refractivity contribution in [2.24, 2.45) is 0 Å². The second kappa shape index (κ2) is 4.21. The predicted molar refractivity (Wildman–Crippen MR) is 55.3 cm³/mol. The molecule has 1 rings (SSSR count). The third-order valence-electron chi connectivity index (χ3n) is 1.26. The summed E-state index contributed by atoms with van der Waals surface area (Å²) in [6.07, 6.45) is -2.77. The Bertz CT molecular complexity index is 243. The molecule has 3 nitrogen and oxygen atoms in total. The summed E-state index contributed by atoms with van der Waals surface area (Å²) < 4.78 is 5.52. The van der Waals surface area contributed by atoms with Gasteiger partial charge in [-0.3, -0.25) is 0 Å². The fourth-order valence-electron chi connectivity index (χ4n) is 0.729. The van der Waals surface area contributed by atoms with E-state index in [1.165, 1.54) is 0 Å². The van der Waals surface area contributed by atoms with Crippen LogP contribution in [0.5, 0.6) is 0 Å². The van der Waals surface area contributed by atoms with Gasteiger partial charge in [-0.25, -0.2) is 4.79 Å². The Kier molecular flexibility index (Phi) is 3.98. The van der Waals surface area contributed by atoms with E-state index >= 15 is 0 Å². The molecule has 0 spiro atoms. The van der Waals surface area contributed by atoms with Gasteiger partial charge in [0.25, 0.3) is 10.1 Å². The van der Waals surface area contributed by atoms with Crippen LogP contribution in [0.4, 0.5) is 0 Å². The van der Waals surface area contributed by atoms with Gasteiger partial charge in [0.05, 0.1) is 0 Å². The summed E-state index contributed by atoms with van der Waals surface area (Å²) in [4.78, 5) is 11.1. The Labute approximate surface area is 109 Å². The van der Waals surface area contributed by atoms with E-state index in [9.17, 15) is 4.79 Å². The summed E-state index contributed by atoms with van der Waals surface area (Å²) in [6, 6.07) is 0. The van der Waals surface area contributed by atoms with Gasteiger partial charge in [0.2, 0.25) is 9.90 Å². The van der Waals surface area contributed by atoms with Crippen molar-refractivity contribution in [3.8, 4) is 0 Å². The molecule has 0 aromatic carbocycles. The molecule has 2 atom stereocenters. The first-order valence-electron chi connectivity index (χ1n) is 3.12. The zero-order valence-corrected chi connectivity index (χ0v) is 10.7. The van der Waals surface area contributed by atoms with Gasteiger partial charge in [-0.2, -0.15) is 0 Å². The Balaban J connectivity index is 2.75. The van der Waals surface area contributed by atoms with E-state index in [0.29, 0.717) is 0 Å². The molecule has 1 aliphatic heterocycles. The second-order valence-corrected chi connectivity index (χ2v) is 7.11. The molecular formula is C5H2Cl6O3. The first-order valence-corrected chi connectivity index (χ1v) is 5.38. The van der Waals surface area contributed by atoms with Gasteiger partial charge < -0.3 is 9.47 Å². The third kappa shape index (κ3) is 3.08. The molecule has 0 saturated carbocycles. The van der Waals surface area contributed by atoms with Crippen molar-refractivity contribution in [1.82, 2.24) is 0 Å². The van der Waals surface area contributed by atoms with Crippen molar-refractivity contribution in [2.45, 2.75) is 20.0 Å². The van der Waals surface area contributed by atoms with E-state index in [1.54, 1.807) is 0 Å². The number of alkyl halides is 6. The van der Waals surface area contributed by atoms with Crippen LogP contribution in [0.1, 0.15) is 0 Å². The SMILES string of the molecule is O=C1O[C@@H](C(Cl)(Cl)Cl)O[C@H]1C(Cl)(Cl)Cl. The quantitative estimate of drug-likeness (QED) is 0.508. The maximum Gasteiger partial charge on any atom is 0.342 e. The van der Waals surface area contributed by atoms with Gasteiger partial charge in [0, 0.05) is 0 Å². The van der Waals surface area contributed by atoms with E-state index in [1.807, 2.05) is 0 Å². The van der Waals surface area contributed by atoms with Crippen molar-refractivity contribution in [2.75, 3.05) is 0 Å². The molecule has 0 radical (unpaired) electrons. The van der Waals surface area contributed by atoms with E-state index in [4.69, 9.17) is 74.3 Å². The summed E-state index contributed by atoms with van der Waals surface area (Å²) in [5, 5.41) is 0. The van der Waals surface area contributed by atoms with Crippen LogP contribution in [0.15, 0.2) is 0 Å². The van der Waals surface area contributed by atoms with Gasteiger partial charge in [0.1, 0.15) is 0 Å². The summed E-state index contributed by atoms with van der Waals surface area (Å²) in [5.74, 6) is -0.888. The Morgan fingerprint density at radius 3 is 1.71 bits per heavy atom. The number of carbonyl (C=O) groups excluding carboxylic acids is 1. The fraction of sp³-hybridized carbons (Fsp3) is 0.800. The summed E-state index contributed by atoms with van der Waals surface area (Å²) >= 11 is 32.5. The van der Waals surface area contributed by atoms with E-state index in [2.05, 4.69) is 4.74 Å². The number of esters is 1. The van der Waals surface area contributed by atoms with Gasteiger partial charge >= 0.3 is 5.97 Å². The van der Waals surface area contributed by atoms with Crippen molar-refractivity contribution >= 4 is 75.6 Å². The van der Waals surface area contributed by atoms with Crippen LogP contribution in [0.3, 0.4) is 0 Å². The van der Waals surface area contributed by atoms with Crippen LogP contribution in [0, 0.1) is 0 Å². The molecule has 0 bridgehead atoms. The topological polar surface area (TPSA) is 35.5 Å². The molecule has 9 heteroatoms. The van der Waals surface area contributed by atoms with E-state index < -0.39 is 25.9 Å². The maximum absolute atomic E-state index is 11.1. The molecule has 1 heterocycles. The van der Waals surface area contributed by atoms with Gasteiger partial charge in [-0.1, -0.05) is 69.6 Å². The number of rotatable bonds is 0. The molecule has 1 saturated heterocycles. The second-order valence-electron chi connectivity index (χ2n) is 2.37. The average Bonchev–Trinajstić information content (AvgIpc) is 2.27. The lowest BCUT2D eigenvalue weighted by atomic mass is 10.4. The molecule has 1 aliphatic rings. The first kappa shape index (κ1) is 13.2. The van der Waals surface area contributed by atoms with Gasteiger partial charge in [-0.15, -0.1) is 0 Å². The molecule has 1 fully saturated rings. The first-order chi connectivity index (χ1) is 6.12. The molecule has 0 N–H and O–H groups in total. The van der Waals surface area contributed by atoms with Crippen molar-refractivity contribution in [3.63, 3.8) is 0 Å². The number of hydrogen-bond acceptors (Lipinski definition) is 3. The number of halogens is 6. The smallest absolute Gasteiger partial charge is 0.342 e. The van der Waals surface area contributed by atoms with Crippen molar-refractivity contribution in [1.29, 1.82) is 0 Å².